The Kier molecular flexibility index (Phi) is 5.61. The number of nitrogens with one attached hydrogen (secondary N) is 1. The van der Waals surface area contributed by atoms with Gasteiger partial charge in [0, 0.05) is 19.3 Å². The van der Waals surface area contributed by atoms with Gasteiger partial charge in [-0.1, -0.05) is 47.8 Å². The SMILES string of the molecule is CC1CN(C(=O)Nc2cccnc2)CCC1=Cc1ccc(Cl)c(Cl)c1. The minimum atomic E-state index is -0.0894. The number of anilines is 1. The summed E-state index contributed by atoms with van der Waals surface area (Å²) in [4.78, 5) is 18.2. The number of carbonyl (C=O) groups is 1. The third-order valence-corrected chi connectivity index (χ3v) is 5.03. The van der Waals surface area contributed by atoms with E-state index in [1.54, 1.807) is 24.5 Å². The Morgan fingerprint density at radius 1 is 1.32 bits per heavy atom. The summed E-state index contributed by atoms with van der Waals surface area (Å²) in [5.41, 5.74) is 3.05. The number of hydrogen-bond acceptors (Lipinski definition) is 2. The van der Waals surface area contributed by atoms with Crippen molar-refractivity contribution in [1.82, 2.24) is 9.88 Å². The van der Waals surface area contributed by atoms with Crippen LogP contribution < -0.4 is 5.32 Å². The van der Waals surface area contributed by atoms with Gasteiger partial charge in [-0.2, -0.15) is 0 Å². The molecule has 0 bridgehead atoms. The first-order chi connectivity index (χ1) is 12.0. The van der Waals surface area contributed by atoms with E-state index >= 15 is 0 Å². The number of hydrogen-bond donors (Lipinski definition) is 1. The number of carbonyl (C=O) groups excluding carboxylic acids is 1. The van der Waals surface area contributed by atoms with E-state index in [0.717, 1.165) is 12.0 Å². The molecule has 0 spiro atoms. The van der Waals surface area contributed by atoms with Gasteiger partial charge in [-0.15, -0.1) is 0 Å². The number of amides is 2. The molecule has 130 valence electrons. The molecule has 0 saturated carbocycles. The molecule has 1 aliphatic heterocycles. The van der Waals surface area contributed by atoms with Gasteiger partial charge in [-0.3, -0.25) is 4.98 Å². The van der Waals surface area contributed by atoms with Crippen molar-refractivity contribution in [1.29, 1.82) is 0 Å². The lowest BCUT2D eigenvalue weighted by Crippen LogP contribution is -2.42. The lowest BCUT2D eigenvalue weighted by molar-refractivity contribution is 0.198. The van der Waals surface area contributed by atoms with E-state index in [1.165, 1.54) is 5.57 Å². The van der Waals surface area contributed by atoms with E-state index in [9.17, 15) is 4.79 Å². The number of benzene rings is 1. The summed E-state index contributed by atoms with van der Waals surface area (Å²) in [5.74, 6) is 0.280. The predicted molar refractivity (Wildman–Crippen MR) is 103 cm³/mol. The van der Waals surface area contributed by atoms with Crippen LogP contribution >= 0.6 is 23.2 Å². The van der Waals surface area contributed by atoms with Crippen LogP contribution in [-0.2, 0) is 0 Å². The summed E-state index contributed by atoms with van der Waals surface area (Å²) in [6.45, 7) is 3.50. The van der Waals surface area contributed by atoms with Crippen molar-refractivity contribution >= 4 is 41.0 Å². The van der Waals surface area contributed by atoms with Gasteiger partial charge < -0.3 is 10.2 Å². The number of aromatic nitrogens is 1. The Morgan fingerprint density at radius 2 is 2.16 bits per heavy atom. The predicted octanol–water partition coefficient (Wildman–Crippen LogP) is 5.35. The molecule has 2 aromatic rings. The molecule has 1 saturated heterocycles. The topological polar surface area (TPSA) is 45.2 Å². The summed E-state index contributed by atoms with van der Waals surface area (Å²) in [6.07, 6.45) is 6.30. The summed E-state index contributed by atoms with van der Waals surface area (Å²) in [6, 6.07) is 9.16. The molecule has 25 heavy (non-hydrogen) atoms. The van der Waals surface area contributed by atoms with Gasteiger partial charge in [-0.25, -0.2) is 4.79 Å². The van der Waals surface area contributed by atoms with Gasteiger partial charge in [0.05, 0.1) is 21.9 Å². The number of likely N-dealkylation sites (tertiary alicyclic amines) is 1. The normalized spacial score (nSPS) is 19.1. The second-order valence-electron chi connectivity index (χ2n) is 6.16. The van der Waals surface area contributed by atoms with Gasteiger partial charge >= 0.3 is 6.03 Å². The van der Waals surface area contributed by atoms with Gasteiger partial charge in [0.1, 0.15) is 0 Å². The minimum absolute atomic E-state index is 0.0894. The molecule has 1 unspecified atom stereocenters. The zero-order valence-corrected chi connectivity index (χ0v) is 15.4. The summed E-state index contributed by atoms with van der Waals surface area (Å²) >= 11 is 12.0. The number of urea groups is 1. The molecule has 3 rings (SSSR count). The maximum absolute atomic E-state index is 12.4. The van der Waals surface area contributed by atoms with Gasteiger partial charge in [0.25, 0.3) is 0 Å². The van der Waals surface area contributed by atoms with Crippen LogP contribution in [-0.4, -0.2) is 29.0 Å². The monoisotopic (exact) mass is 375 g/mol. The minimum Gasteiger partial charge on any atom is -0.324 e. The molecule has 2 heterocycles. The van der Waals surface area contributed by atoms with Crippen LogP contribution in [0.5, 0.6) is 0 Å². The zero-order chi connectivity index (χ0) is 17.8. The Morgan fingerprint density at radius 3 is 2.84 bits per heavy atom. The number of pyridine rings is 1. The van der Waals surface area contributed by atoms with Crippen molar-refractivity contribution in [3.05, 3.63) is 63.9 Å². The van der Waals surface area contributed by atoms with E-state index in [2.05, 4.69) is 23.3 Å². The van der Waals surface area contributed by atoms with Crippen molar-refractivity contribution in [2.24, 2.45) is 5.92 Å². The quantitative estimate of drug-likeness (QED) is 0.768. The van der Waals surface area contributed by atoms with E-state index in [0.29, 0.717) is 28.8 Å². The van der Waals surface area contributed by atoms with Crippen LogP contribution in [0.2, 0.25) is 10.0 Å². The first-order valence-electron chi connectivity index (χ1n) is 8.14. The molecule has 0 radical (unpaired) electrons. The van der Waals surface area contributed by atoms with E-state index in [4.69, 9.17) is 23.2 Å². The molecule has 1 aromatic carbocycles. The Balaban J connectivity index is 1.64. The summed E-state index contributed by atoms with van der Waals surface area (Å²) < 4.78 is 0. The third kappa shape index (κ3) is 4.53. The first-order valence-corrected chi connectivity index (χ1v) is 8.90. The average molecular weight is 376 g/mol. The highest BCUT2D eigenvalue weighted by Crippen LogP contribution is 2.28. The second kappa shape index (κ2) is 7.89. The molecular weight excluding hydrogens is 357 g/mol. The maximum Gasteiger partial charge on any atom is 0.321 e. The van der Waals surface area contributed by atoms with Crippen molar-refractivity contribution in [3.8, 4) is 0 Å². The number of halogens is 2. The van der Waals surface area contributed by atoms with Crippen LogP contribution in [0.15, 0.2) is 48.3 Å². The first kappa shape index (κ1) is 17.8. The van der Waals surface area contributed by atoms with Crippen molar-refractivity contribution in [2.45, 2.75) is 13.3 Å². The molecule has 6 heteroatoms. The highest BCUT2D eigenvalue weighted by atomic mass is 35.5. The van der Waals surface area contributed by atoms with E-state index in [-0.39, 0.29) is 11.9 Å². The van der Waals surface area contributed by atoms with Gasteiger partial charge in [0.2, 0.25) is 0 Å². The summed E-state index contributed by atoms with van der Waals surface area (Å²) in [5, 5.41) is 3.99. The van der Waals surface area contributed by atoms with Crippen LogP contribution in [0.25, 0.3) is 6.08 Å². The van der Waals surface area contributed by atoms with Crippen LogP contribution in [0.4, 0.5) is 10.5 Å². The largest absolute Gasteiger partial charge is 0.324 e. The molecule has 1 N–H and O–H groups in total. The Hall–Kier alpha value is -2.04. The van der Waals surface area contributed by atoms with E-state index in [1.807, 2.05) is 23.1 Å². The molecule has 1 fully saturated rings. The second-order valence-corrected chi connectivity index (χ2v) is 6.98. The fourth-order valence-electron chi connectivity index (χ4n) is 2.90. The standard InChI is InChI=1S/C19H19Cl2N3O/c1-13-12-24(19(25)23-16-3-2-7-22-11-16)8-6-15(13)9-14-4-5-17(20)18(21)10-14/h2-5,7,9-11,13H,6,8,12H2,1H3,(H,23,25). The highest BCUT2D eigenvalue weighted by molar-refractivity contribution is 6.42. The molecule has 2 amide bonds. The van der Waals surface area contributed by atoms with E-state index < -0.39 is 0 Å². The maximum atomic E-state index is 12.4. The van der Waals surface area contributed by atoms with Crippen LogP contribution in [0, 0.1) is 5.92 Å². The lowest BCUT2D eigenvalue weighted by Gasteiger charge is -2.33. The number of piperidine rings is 1. The van der Waals surface area contributed by atoms with Gasteiger partial charge in [-0.05, 0) is 42.2 Å². The molecule has 1 atom stereocenters. The van der Waals surface area contributed by atoms with Gasteiger partial charge in [0.15, 0.2) is 0 Å². The zero-order valence-electron chi connectivity index (χ0n) is 13.9. The molecule has 1 aromatic heterocycles. The van der Waals surface area contributed by atoms with Crippen LogP contribution in [0.3, 0.4) is 0 Å². The molecule has 4 nitrogen and oxygen atoms in total. The lowest BCUT2D eigenvalue weighted by atomic mass is 9.91. The number of nitrogens with zero attached hydrogens (tertiary/aromatic N) is 2. The fraction of sp³-hybridized carbons (Fsp3) is 0.263. The van der Waals surface area contributed by atoms with Crippen LogP contribution in [0.1, 0.15) is 18.9 Å². The third-order valence-electron chi connectivity index (χ3n) is 4.29. The molecule has 0 aliphatic carbocycles. The van der Waals surface area contributed by atoms with Crippen molar-refractivity contribution in [3.63, 3.8) is 0 Å². The Bertz CT molecular complexity index is 793. The molecular formula is C19H19Cl2N3O. The smallest absolute Gasteiger partial charge is 0.321 e. The fourth-order valence-corrected chi connectivity index (χ4v) is 3.21. The Labute approximate surface area is 157 Å². The molecule has 1 aliphatic rings. The van der Waals surface area contributed by atoms with Crippen molar-refractivity contribution in [2.75, 3.05) is 18.4 Å². The summed E-state index contributed by atoms with van der Waals surface area (Å²) in [7, 11) is 0. The van der Waals surface area contributed by atoms with Crippen molar-refractivity contribution < 1.29 is 4.79 Å². The average Bonchev–Trinajstić information content (AvgIpc) is 2.60. The highest BCUT2D eigenvalue weighted by Gasteiger charge is 2.24. The number of rotatable bonds is 2.